The number of amides is 2. The summed E-state index contributed by atoms with van der Waals surface area (Å²) in [5.41, 5.74) is 6.05. The molecule has 2 fully saturated rings. The van der Waals surface area contributed by atoms with Crippen LogP contribution in [0.3, 0.4) is 0 Å². The van der Waals surface area contributed by atoms with E-state index in [9.17, 15) is 9.59 Å². The fourth-order valence-corrected chi connectivity index (χ4v) is 6.65. The van der Waals surface area contributed by atoms with Gasteiger partial charge in [0.05, 0.1) is 22.8 Å². The van der Waals surface area contributed by atoms with Gasteiger partial charge in [-0.15, -0.1) is 0 Å². The van der Waals surface area contributed by atoms with Crippen LogP contribution in [0.5, 0.6) is 11.6 Å². The van der Waals surface area contributed by atoms with Crippen molar-refractivity contribution in [3.8, 4) is 34.0 Å². The smallest absolute Gasteiger partial charge is 0.220 e. The summed E-state index contributed by atoms with van der Waals surface area (Å²) in [7, 11) is 1.60. The van der Waals surface area contributed by atoms with Crippen LogP contribution in [0.4, 0.5) is 0 Å². The Bertz CT molecular complexity index is 1770. The Balaban J connectivity index is 1.09. The Labute approximate surface area is 290 Å². The van der Waals surface area contributed by atoms with Gasteiger partial charge in [-0.3, -0.25) is 9.59 Å². The number of methoxy groups -OCH3 is 1. The summed E-state index contributed by atoms with van der Waals surface area (Å²) in [6, 6.07) is 24.0. The lowest BCUT2D eigenvalue weighted by Crippen LogP contribution is -2.35. The lowest BCUT2D eigenvalue weighted by molar-refractivity contribution is -0.120. The average molecular weight is 689 g/mol. The molecular weight excluding hydrogens is 649 g/mol. The van der Waals surface area contributed by atoms with E-state index in [2.05, 4.69) is 33.4 Å². The summed E-state index contributed by atoms with van der Waals surface area (Å²) in [6.07, 6.45) is 2.91. The number of hydrogen-bond donors (Lipinski definition) is 4. The topological polar surface area (TPSA) is 114 Å². The van der Waals surface area contributed by atoms with Crippen LogP contribution in [0, 0.1) is 0 Å². The molecule has 2 amide bonds. The maximum Gasteiger partial charge on any atom is 0.220 e. The molecule has 0 radical (unpaired) electrons. The zero-order valence-electron chi connectivity index (χ0n) is 26.8. The molecule has 1 unspecified atom stereocenters. The Kier molecular flexibility index (Phi) is 11.1. The molecule has 2 atom stereocenters. The highest BCUT2D eigenvalue weighted by Crippen LogP contribution is 2.42. The third-order valence-corrected chi connectivity index (χ3v) is 9.47. The van der Waals surface area contributed by atoms with Gasteiger partial charge < -0.3 is 30.7 Å². The van der Waals surface area contributed by atoms with Crippen LogP contribution >= 0.6 is 23.2 Å². The molecule has 11 heteroatoms. The summed E-state index contributed by atoms with van der Waals surface area (Å²) in [5.74, 6) is 1.30. The van der Waals surface area contributed by atoms with Crippen molar-refractivity contribution >= 4 is 35.0 Å². The zero-order valence-corrected chi connectivity index (χ0v) is 28.3. The molecule has 0 aliphatic carbocycles. The summed E-state index contributed by atoms with van der Waals surface area (Å²) >= 11 is 13.9. The van der Waals surface area contributed by atoms with Gasteiger partial charge in [0.1, 0.15) is 12.4 Å². The van der Waals surface area contributed by atoms with E-state index in [-0.39, 0.29) is 23.9 Å². The monoisotopic (exact) mass is 687 g/mol. The van der Waals surface area contributed by atoms with Crippen LogP contribution in [-0.2, 0) is 29.3 Å². The van der Waals surface area contributed by atoms with Crippen molar-refractivity contribution < 1.29 is 19.1 Å². The van der Waals surface area contributed by atoms with E-state index < -0.39 is 0 Å². The summed E-state index contributed by atoms with van der Waals surface area (Å²) in [6.45, 7) is 3.09. The first-order chi connectivity index (χ1) is 23.4. The van der Waals surface area contributed by atoms with Gasteiger partial charge in [0.2, 0.25) is 17.7 Å². The molecule has 0 saturated carbocycles. The van der Waals surface area contributed by atoms with Crippen molar-refractivity contribution in [3.05, 3.63) is 99.5 Å². The number of hydrogen-bond acceptors (Lipinski definition) is 7. The predicted octanol–water partition coefficient (Wildman–Crippen LogP) is 6.05. The van der Waals surface area contributed by atoms with Gasteiger partial charge in [-0.2, -0.15) is 0 Å². The van der Waals surface area contributed by atoms with Crippen LogP contribution < -0.4 is 30.7 Å². The Morgan fingerprint density at radius 2 is 1.35 bits per heavy atom. The number of nitrogens with one attached hydrogen (secondary N) is 4. The third-order valence-electron chi connectivity index (χ3n) is 8.67. The van der Waals surface area contributed by atoms with Crippen molar-refractivity contribution in [2.24, 2.45) is 0 Å². The van der Waals surface area contributed by atoms with E-state index in [0.717, 1.165) is 59.3 Å². The second kappa shape index (κ2) is 15.8. The number of pyridine rings is 1. The highest BCUT2D eigenvalue weighted by molar-refractivity contribution is 6.38. The summed E-state index contributed by atoms with van der Waals surface area (Å²) < 4.78 is 11.8. The van der Waals surface area contributed by atoms with Crippen LogP contribution in [0.25, 0.3) is 22.4 Å². The largest absolute Gasteiger partial charge is 0.487 e. The summed E-state index contributed by atoms with van der Waals surface area (Å²) in [5, 5.41) is 13.8. The highest BCUT2D eigenvalue weighted by atomic mass is 35.5. The van der Waals surface area contributed by atoms with Gasteiger partial charge in [-0.25, -0.2) is 4.98 Å². The number of ether oxygens (including phenoxy) is 2. The summed E-state index contributed by atoms with van der Waals surface area (Å²) in [4.78, 5) is 27.6. The van der Waals surface area contributed by atoms with Crippen molar-refractivity contribution in [1.29, 1.82) is 0 Å². The first kappa shape index (κ1) is 33.7. The minimum absolute atomic E-state index is 0.102. The average Bonchev–Trinajstić information content (AvgIpc) is 3.72. The van der Waals surface area contributed by atoms with E-state index in [1.165, 1.54) is 0 Å². The molecule has 1 aromatic heterocycles. The molecule has 2 saturated heterocycles. The van der Waals surface area contributed by atoms with Gasteiger partial charge >= 0.3 is 0 Å². The van der Waals surface area contributed by atoms with Gasteiger partial charge in [0.15, 0.2) is 0 Å². The van der Waals surface area contributed by atoms with Crippen LogP contribution in [0.15, 0.2) is 72.8 Å². The Morgan fingerprint density at radius 3 is 2.00 bits per heavy atom. The number of benzene rings is 3. The molecule has 4 N–H and O–H groups in total. The molecule has 4 aromatic rings. The van der Waals surface area contributed by atoms with Crippen LogP contribution in [0.2, 0.25) is 10.0 Å². The highest BCUT2D eigenvalue weighted by Gasteiger charge is 2.21. The first-order valence-corrected chi connectivity index (χ1v) is 17.0. The van der Waals surface area contributed by atoms with E-state index in [4.69, 9.17) is 37.7 Å². The van der Waals surface area contributed by atoms with Crippen molar-refractivity contribution in [2.75, 3.05) is 20.2 Å². The molecule has 3 aromatic carbocycles. The second-order valence-electron chi connectivity index (χ2n) is 12.1. The third kappa shape index (κ3) is 8.28. The molecule has 6 rings (SSSR count). The minimum atomic E-state index is 0.102. The number of nitrogens with zero attached hydrogens (tertiary/aromatic N) is 1. The number of carbonyl (C=O) groups is 2. The van der Waals surface area contributed by atoms with Gasteiger partial charge in [0.25, 0.3) is 0 Å². The first-order valence-electron chi connectivity index (χ1n) is 16.2. The maximum absolute atomic E-state index is 11.5. The number of carbonyl (C=O) groups excluding carboxylic acids is 2. The molecule has 2 aliphatic heterocycles. The quantitative estimate of drug-likeness (QED) is 0.128. The molecule has 250 valence electrons. The molecule has 9 nitrogen and oxygen atoms in total. The molecule has 0 spiro atoms. The Morgan fingerprint density at radius 1 is 0.750 bits per heavy atom. The standard InChI is InChI=1S/C37H39Cl2N5O4/c1-47-37-25(19-41-21-27-14-17-34(46)43-27)12-15-31(44-37)30-6-2-4-28(35(30)38)29-5-3-7-32(36(29)39)48-22-24-10-8-23(9-11-24)18-40-20-26-13-16-33(45)42-26/h2-12,15,26-27,40-41H,13-14,16-22H2,1H3,(H,42,45)(H,43,46)/t26?,27-/m0/s1. The van der Waals surface area contributed by atoms with E-state index in [1.54, 1.807) is 7.11 Å². The zero-order chi connectivity index (χ0) is 33.5. The molecule has 2 aliphatic rings. The fraction of sp³-hybridized carbons (Fsp3) is 0.324. The number of halogens is 2. The normalized spacial score (nSPS) is 17.3. The van der Waals surface area contributed by atoms with Crippen molar-refractivity contribution in [2.45, 2.75) is 57.5 Å². The van der Waals surface area contributed by atoms with Gasteiger partial charge in [-0.05, 0) is 36.1 Å². The van der Waals surface area contributed by atoms with Gasteiger partial charge in [0, 0.05) is 73.4 Å². The predicted molar refractivity (Wildman–Crippen MR) is 188 cm³/mol. The number of rotatable bonds is 14. The van der Waals surface area contributed by atoms with Crippen LogP contribution in [-0.4, -0.2) is 49.1 Å². The van der Waals surface area contributed by atoms with Crippen molar-refractivity contribution in [3.63, 3.8) is 0 Å². The van der Waals surface area contributed by atoms with Gasteiger partial charge in [-0.1, -0.05) is 83.9 Å². The van der Waals surface area contributed by atoms with E-state index in [1.807, 2.05) is 60.7 Å². The lowest BCUT2D eigenvalue weighted by atomic mass is 10.0. The lowest BCUT2D eigenvalue weighted by Gasteiger charge is -2.16. The van der Waals surface area contributed by atoms with E-state index in [0.29, 0.717) is 59.9 Å². The van der Waals surface area contributed by atoms with Crippen LogP contribution in [0.1, 0.15) is 42.4 Å². The molecule has 0 bridgehead atoms. The fourth-order valence-electron chi connectivity index (χ4n) is 6.05. The van der Waals surface area contributed by atoms with E-state index >= 15 is 0 Å². The molecular formula is C37H39Cl2N5O4. The second-order valence-corrected chi connectivity index (χ2v) is 12.9. The SMILES string of the molecule is COc1nc(-c2cccc(-c3cccc(OCc4ccc(CNCC5CCC(=O)N5)cc4)c3Cl)c2Cl)ccc1CNC[C@@H]1CCC(=O)N1. The minimum Gasteiger partial charge on any atom is -0.487 e. The van der Waals surface area contributed by atoms with Crippen molar-refractivity contribution in [1.82, 2.24) is 26.3 Å². The molecule has 3 heterocycles. The Hall–Kier alpha value is -4.15. The molecule has 48 heavy (non-hydrogen) atoms. The number of aromatic nitrogens is 1. The maximum atomic E-state index is 11.5.